The number of nitrogens with zero attached hydrogens (tertiary/aromatic N) is 3. The summed E-state index contributed by atoms with van der Waals surface area (Å²) in [5.74, 6) is -0.756. The van der Waals surface area contributed by atoms with Crippen molar-refractivity contribution in [3.8, 4) is 0 Å². The number of benzene rings is 1. The molecule has 0 bridgehead atoms. The smallest absolute Gasteiger partial charge is 0.416 e. The largest absolute Gasteiger partial charge is 0.455 e. The fourth-order valence-electron chi connectivity index (χ4n) is 3.00. The van der Waals surface area contributed by atoms with E-state index in [-0.39, 0.29) is 34.9 Å². The van der Waals surface area contributed by atoms with Gasteiger partial charge in [0.15, 0.2) is 0 Å². The van der Waals surface area contributed by atoms with Crippen molar-refractivity contribution in [3.05, 3.63) is 98.6 Å². The number of anilines is 2. The number of hydrogen-bond acceptors (Lipinski definition) is 6. The number of carbonyl (C=O) groups is 1. The molecule has 0 aliphatic heterocycles. The lowest BCUT2D eigenvalue weighted by molar-refractivity contribution is -0.137. The van der Waals surface area contributed by atoms with Crippen molar-refractivity contribution in [2.75, 3.05) is 5.32 Å². The van der Waals surface area contributed by atoms with Crippen molar-refractivity contribution in [1.82, 2.24) is 14.4 Å². The van der Waals surface area contributed by atoms with Crippen LogP contribution in [0.5, 0.6) is 0 Å². The summed E-state index contributed by atoms with van der Waals surface area (Å²) >= 11 is 3.28. The van der Waals surface area contributed by atoms with Crippen LogP contribution >= 0.6 is 15.9 Å². The zero-order chi connectivity index (χ0) is 23.6. The minimum Gasteiger partial charge on any atom is -0.455 e. The topological polar surface area (TPSA) is 85.6 Å². The number of fused-ring (bicyclic) bond motifs is 1. The highest BCUT2D eigenvalue weighted by atomic mass is 79.9. The van der Waals surface area contributed by atoms with Gasteiger partial charge in [-0.3, -0.25) is 9.20 Å². The van der Waals surface area contributed by atoms with Gasteiger partial charge < -0.3 is 10.1 Å². The normalized spacial score (nSPS) is 11.4. The summed E-state index contributed by atoms with van der Waals surface area (Å²) in [6, 6.07) is 12.0. The second kappa shape index (κ2) is 9.02. The summed E-state index contributed by atoms with van der Waals surface area (Å²) in [6.45, 7) is -0.279. The zero-order valence-corrected chi connectivity index (χ0v) is 18.2. The molecule has 0 fully saturated rings. The first kappa shape index (κ1) is 22.5. The lowest BCUT2D eigenvalue weighted by Gasteiger charge is -2.13. The highest BCUT2D eigenvalue weighted by molar-refractivity contribution is 9.10. The average molecular weight is 519 g/mol. The molecule has 3 heterocycles. The molecular formula is C22H14BrF3N4O3. The van der Waals surface area contributed by atoms with E-state index in [0.29, 0.717) is 10.1 Å². The van der Waals surface area contributed by atoms with Crippen molar-refractivity contribution in [2.45, 2.75) is 12.8 Å². The Labute approximate surface area is 193 Å². The van der Waals surface area contributed by atoms with E-state index < -0.39 is 17.7 Å². The standard InChI is InChI=1S/C22H14BrF3N4O3/c23-14-6-7-18-28-16(10-19(31)30(18)11-14)12-33-21(32)17-5-2-8-27-20(17)29-15-4-1-3-13(9-15)22(24,25)26/h1-11H,12H2,(H,27,29). The molecule has 1 aromatic carbocycles. The van der Waals surface area contributed by atoms with Gasteiger partial charge in [0.25, 0.3) is 5.56 Å². The van der Waals surface area contributed by atoms with Crippen LogP contribution in [0.4, 0.5) is 24.7 Å². The first-order valence-corrected chi connectivity index (χ1v) is 10.2. The number of hydrogen-bond donors (Lipinski definition) is 1. The van der Waals surface area contributed by atoms with E-state index in [1.165, 1.54) is 40.9 Å². The number of pyridine rings is 2. The number of ether oxygens (including phenoxy) is 1. The van der Waals surface area contributed by atoms with Crippen LogP contribution in [0.2, 0.25) is 0 Å². The molecule has 7 nitrogen and oxygen atoms in total. The van der Waals surface area contributed by atoms with Crippen LogP contribution in [-0.4, -0.2) is 20.3 Å². The molecule has 0 saturated heterocycles. The molecule has 0 aliphatic carbocycles. The number of esters is 1. The molecule has 0 radical (unpaired) electrons. The van der Waals surface area contributed by atoms with Crippen LogP contribution in [0.25, 0.3) is 5.65 Å². The monoisotopic (exact) mass is 518 g/mol. The van der Waals surface area contributed by atoms with Gasteiger partial charge in [0.2, 0.25) is 0 Å². The molecule has 4 aromatic rings. The second-order valence-electron chi connectivity index (χ2n) is 6.84. The van der Waals surface area contributed by atoms with Crippen molar-refractivity contribution in [2.24, 2.45) is 0 Å². The van der Waals surface area contributed by atoms with Gasteiger partial charge in [0.05, 0.1) is 11.3 Å². The molecular weight excluding hydrogens is 505 g/mol. The summed E-state index contributed by atoms with van der Waals surface area (Å²) in [6.07, 6.45) is -1.55. The molecule has 0 saturated carbocycles. The summed E-state index contributed by atoms with van der Waals surface area (Å²) in [5, 5.41) is 2.72. The minimum absolute atomic E-state index is 0.0105. The SMILES string of the molecule is O=C(OCc1cc(=O)n2cc(Br)ccc2n1)c1cccnc1Nc1cccc(C(F)(F)F)c1. The number of rotatable bonds is 5. The Balaban J connectivity index is 1.53. The van der Waals surface area contributed by atoms with Gasteiger partial charge in [-0.2, -0.15) is 13.2 Å². The van der Waals surface area contributed by atoms with Crippen molar-refractivity contribution >= 4 is 39.1 Å². The van der Waals surface area contributed by atoms with Gasteiger partial charge in [-0.15, -0.1) is 0 Å². The lowest BCUT2D eigenvalue weighted by Crippen LogP contribution is -2.17. The van der Waals surface area contributed by atoms with Crippen molar-refractivity contribution < 1.29 is 22.7 Å². The molecule has 0 aliphatic rings. The number of aromatic nitrogens is 3. The van der Waals surface area contributed by atoms with Gasteiger partial charge in [-0.1, -0.05) is 6.07 Å². The van der Waals surface area contributed by atoms with Gasteiger partial charge in [0, 0.05) is 28.6 Å². The predicted molar refractivity (Wildman–Crippen MR) is 117 cm³/mol. The summed E-state index contributed by atoms with van der Waals surface area (Å²) in [7, 11) is 0. The van der Waals surface area contributed by atoms with Crippen LogP contribution in [0.15, 0.2) is 76.3 Å². The maximum absolute atomic E-state index is 13.0. The van der Waals surface area contributed by atoms with E-state index in [2.05, 4.69) is 31.2 Å². The summed E-state index contributed by atoms with van der Waals surface area (Å²) in [5.41, 5.74) is -0.449. The van der Waals surface area contributed by atoms with E-state index >= 15 is 0 Å². The molecule has 0 spiro atoms. The quantitative estimate of drug-likeness (QED) is 0.375. The Bertz CT molecular complexity index is 1410. The van der Waals surface area contributed by atoms with E-state index in [1.54, 1.807) is 18.3 Å². The molecule has 3 aromatic heterocycles. The van der Waals surface area contributed by atoms with Crippen molar-refractivity contribution in [3.63, 3.8) is 0 Å². The Kier molecular flexibility index (Phi) is 6.14. The second-order valence-corrected chi connectivity index (χ2v) is 7.76. The van der Waals surface area contributed by atoms with Crippen molar-refractivity contribution in [1.29, 1.82) is 0 Å². The van der Waals surface area contributed by atoms with E-state index in [9.17, 15) is 22.8 Å². The Morgan fingerprint density at radius 2 is 1.94 bits per heavy atom. The first-order chi connectivity index (χ1) is 15.7. The first-order valence-electron chi connectivity index (χ1n) is 9.45. The van der Waals surface area contributed by atoms with Gasteiger partial charge in [-0.25, -0.2) is 14.8 Å². The Morgan fingerprint density at radius 3 is 2.73 bits per heavy atom. The van der Waals surface area contributed by atoms with Crippen LogP contribution in [0.1, 0.15) is 21.6 Å². The Morgan fingerprint density at radius 1 is 1.12 bits per heavy atom. The summed E-state index contributed by atoms with van der Waals surface area (Å²) < 4.78 is 46.2. The molecule has 0 amide bonds. The number of alkyl halides is 3. The maximum atomic E-state index is 13.0. The van der Waals surface area contributed by atoms with Crippen LogP contribution in [-0.2, 0) is 17.5 Å². The third-order valence-corrected chi connectivity index (χ3v) is 4.98. The van der Waals surface area contributed by atoms with Crippen LogP contribution in [0.3, 0.4) is 0 Å². The maximum Gasteiger partial charge on any atom is 0.416 e. The molecule has 168 valence electrons. The molecule has 4 rings (SSSR count). The highest BCUT2D eigenvalue weighted by Crippen LogP contribution is 2.31. The van der Waals surface area contributed by atoms with Gasteiger partial charge in [-0.05, 0) is 58.4 Å². The van der Waals surface area contributed by atoms with Gasteiger partial charge >= 0.3 is 12.1 Å². The van der Waals surface area contributed by atoms with Crippen LogP contribution < -0.4 is 10.9 Å². The zero-order valence-electron chi connectivity index (χ0n) is 16.6. The lowest BCUT2D eigenvalue weighted by atomic mass is 10.2. The number of carbonyl (C=O) groups excluding carboxylic acids is 1. The predicted octanol–water partition coefficient (Wildman–Crippen LogP) is 4.97. The fraction of sp³-hybridized carbons (Fsp3) is 0.0909. The third-order valence-electron chi connectivity index (χ3n) is 4.51. The fourth-order valence-corrected chi connectivity index (χ4v) is 3.33. The molecule has 1 N–H and O–H groups in total. The molecule has 0 atom stereocenters. The van der Waals surface area contributed by atoms with Crippen LogP contribution in [0, 0.1) is 0 Å². The average Bonchev–Trinajstić information content (AvgIpc) is 2.78. The minimum atomic E-state index is -4.51. The van der Waals surface area contributed by atoms with E-state index in [4.69, 9.17) is 4.74 Å². The third kappa shape index (κ3) is 5.20. The highest BCUT2D eigenvalue weighted by Gasteiger charge is 2.30. The molecule has 11 heteroatoms. The summed E-state index contributed by atoms with van der Waals surface area (Å²) in [4.78, 5) is 33.3. The molecule has 0 unspecified atom stereocenters. The van der Waals surface area contributed by atoms with E-state index in [0.717, 1.165) is 12.1 Å². The molecule has 33 heavy (non-hydrogen) atoms. The number of nitrogens with one attached hydrogen (secondary N) is 1. The number of halogens is 4. The van der Waals surface area contributed by atoms with E-state index in [1.807, 2.05) is 0 Å². The Hall–Kier alpha value is -3.73. The van der Waals surface area contributed by atoms with Gasteiger partial charge in [0.1, 0.15) is 23.6 Å².